The molecule has 1 amide bonds. The van der Waals surface area contributed by atoms with Crippen LogP contribution >= 0.6 is 0 Å². The van der Waals surface area contributed by atoms with Crippen molar-refractivity contribution in [3.63, 3.8) is 0 Å². The topological polar surface area (TPSA) is 83.8 Å². The van der Waals surface area contributed by atoms with E-state index in [9.17, 15) is 4.79 Å². The summed E-state index contributed by atoms with van der Waals surface area (Å²) >= 11 is 0. The normalized spacial score (nSPS) is 12.2. The number of amides is 1. The number of hydrogen-bond donors (Lipinski definition) is 1. The van der Waals surface area contributed by atoms with Gasteiger partial charge in [-0.25, -0.2) is 4.68 Å². The molecule has 8 nitrogen and oxygen atoms in total. The third-order valence-corrected chi connectivity index (χ3v) is 5.95. The number of para-hydroxylation sites is 1. The van der Waals surface area contributed by atoms with Gasteiger partial charge in [0, 0.05) is 24.4 Å². The van der Waals surface area contributed by atoms with Crippen LogP contribution in [0.15, 0.2) is 72.9 Å². The van der Waals surface area contributed by atoms with E-state index in [0.717, 1.165) is 22.7 Å². The first-order valence-electron chi connectivity index (χ1n) is 11.7. The van der Waals surface area contributed by atoms with Gasteiger partial charge in [0.25, 0.3) is 5.91 Å². The van der Waals surface area contributed by atoms with Crippen molar-refractivity contribution in [1.82, 2.24) is 15.1 Å². The van der Waals surface area contributed by atoms with E-state index in [1.54, 1.807) is 31.2 Å². The minimum Gasteiger partial charge on any atom is -0.497 e. The second-order valence-electron chi connectivity index (χ2n) is 8.22. The van der Waals surface area contributed by atoms with Crippen LogP contribution in [0.3, 0.4) is 0 Å². The number of carbonyl (C=O) groups is 1. The van der Waals surface area contributed by atoms with Crippen LogP contribution in [0.2, 0.25) is 0 Å². The number of fused-ring (bicyclic) bond motifs is 1. The molecule has 5 rings (SSSR count). The number of rotatable bonds is 8. The Kier molecular flexibility index (Phi) is 6.75. The maximum Gasteiger partial charge on any atom is 0.255 e. The van der Waals surface area contributed by atoms with Gasteiger partial charge in [-0.05, 0) is 48.4 Å². The average molecular weight is 486 g/mol. The molecule has 184 valence electrons. The molecular formula is C28H27N3O5. The summed E-state index contributed by atoms with van der Waals surface area (Å²) in [7, 11) is 3.18. The molecule has 1 aliphatic rings. The van der Waals surface area contributed by atoms with Crippen molar-refractivity contribution in [1.29, 1.82) is 0 Å². The molecule has 1 aromatic heterocycles. The predicted molar refractivity (Wildman–Crippen MR) is 136 cm³/mol. The molecule has 8 heteroatoms. The number of nitrogens with one attached hydrogen (secondary N) is 1. The first-order chi connectivity index (χ1) is 17.7. The summed E-state index contributed by atoms with van der Waals surface area (Å²) < 4.78 is 23.9. The maximum atomic E-state index is 13.4. The summed E-state index contributed by atoms with van der Waals surface area (Å²) in [6.45, 7) is 1.55. The molecule has 3 aromatic carbocycles. The Labute approximate surface area is 209 Å². The zero-order chi connectivity index (χ0) is 24.9. The fraction of sp³-hybridized carbons (Fsp3) is 0.214. The molecule has 1 aliphatic heterocycles. The predicted octanol–water partition coefficient (Wildman–Crippen LogP) is 4.30. The lowest BCUT2D eigenvalue weighted by Crippen LogP contribution is -2.26. The van der Waals surface area contributed by atoms with Gasteiger partial charge in [0.2, 0.25) is 0 Å². The SMILES string of the molecule is COc1ccc(-c2nn(-c3ccccc3)cc2C(=O)NCCc2ccc3c(c2)OCCO3)c(OC)c1. The van der Waals surface area contributed by atoms with Crippen molar-refractivity contribution in [2.45, 2.75) is 6.42 Å². The molecule has 0 fully saturated rings. The molecule has 0 radical (unpaired) electrons. The summed E-state index contributed by atoms with van der Waals surface area (Å²) in [5.41, 5.74) is 3.57. The number of nitrogens with zero attached hydrogens (tertiary/aromatic N) is 2. The Hall–Kier alpha value is -4.46. The Balaban J connectivity index is 1.40. The molecule has 0 spiro atoms. The van der Waals surface area contributed by atoms with Gasteiger partial charge < -0.3 is 24.3 Å². The molecule has 0 aliphatic carbocycles. The van der Waals surface area contributed by atoms with Crippen LogP contribution in [0.1, 0.15) is 15.9 Å². The monoisotopic (exact) mass is 485 g/mol. The van der Waals surface area contributed by atoms with Crippen molar-refractivity contribution in [3.05, 3.63) is 84.1 Å². The summed E-state index contributed by atoms with van der Waals surface area (Å²) in [6.07, 6.45) is 2.39. The Morgan fingerprint density at radius 2 is 1.78 bits per heavy atom. The second-order valence-corrected chi connectivity index (χ2v) is 8.22. The zero-order valence-electron chi connectivity index (χ0n) is 20.2. The van der Waals surface area contributed by atoms with E-state index in [0.29, 0.717) is 54.5 Å². The second kappa shape index (κ2) is 10.4. The van der Waals surface area contributed by atoms with E-state index in [4.69, 9.17) is 24.0 Å². The molecule has 0 unspecified atom stereocenters. The molecule has 4 aromatic rings. The van der Waals surface area contributed by atoms with Crippen molar-refractivity contribution in [3.8, 4) is 39.9 Å². The van der Waals surface area contributed by atoms with Gasteiger partial charge in [0.05, 0.1) is 25.5 Å². The number of hydrogen-bond acceptors (Lipinski definition) is 6. The summed E-state index contributed by atoms with van der Waals surface area (Å²) in [4.78, 5) is 13.4. The number of ether oxygens (including phenoxy) is 4. The van der Waals surface area contributed by atoms with E-state index < -0.39 is 0 Å². The minimum atomic E-state index is -0.220. The van der Waals surface area contributed by atoms with Crippen LogP contribution < -0.4 is 24.3 Å². The van der Waals surface area contributed by atoms with Gasteiger partial charge in [-0.2, -0.15) is 5.10 Å². The number of carbonyl (C=O) groups excluding carboxylic acids is 1. The van der Waals surface area contributed by atoms with Crippen LogP contribution in [0.25, 0.3) is 16.9 Å². The fourth-order valence-electron chi connectivity index (χ4n) is 4.11. The van der Waals surface area contributed by atoms with Crippen LogP contribution in [0.4, 0.5) is 0 Å². The van der Waals surface area contributed by atoms with Crippen LogP contribution in [-0.4, -0.2) is 49.7 Å². The highest BCUT2D eigenvalue weighted by Gasteiger charge is 2.22. The largest absolute Gasteiger partial charge is 0.497 e. The van der Waals surface area contributed by atoms with Crippen molar-refractivity contribution in [2.75, 3.05) is 34.0 Å². The smallest absolute Gasteiger partial charge is 0.255 e. The Morgan fingerprint density at radius 1 is 0.972 bits per heavy atom. The molecule has 36 heavy (non-hydrogen) atoms. The highest BCUT2D eigenvalue weighted by Crippen LogP contribution is 2.35. The third-order valence-electron chi connectivity index (χ3n) is 5.95. The molecule has 0 atom stereocenters. The summed E-state index contributed by atoms with van der Waals surface area (Å²) in [6, 6.07) is 21.0. The zero-order valence-corrected chi connectivity index (χ0v) is 20.2. The molecular weight excluding hydrogens is 458 g/mol. The first kappa shape index (κ1) is 23.3. The highest BCUT2D eigenvalue weighted by atomic mass is 16.6. The van der Waals surface area contributed by atoms with E-state index in [1.807, 2.05) is 60.7 Å². The lowest BCUT2D eigenvalue weighted by Gasteiger charge is -2.18. The molecule has 0 saturated heterocycles. The maximum absolute atomic E-state index is 13.4. The van der Waals surface area contributed by atoms with Gasteiger partial charge >= 0.3 is 0 Å². The van der Waals surface area contributed by atoms with E-state index in [2.05, 4.69) is 5.32 Å². The van der Waals surface area contributed by atoms with Gasteiger partial charge in [-0.1, -0.05) is 24.3 Å². The number of benzene rings is 3. The van der Waals surface area contributed by atoms with Crippen LogP contribution in [0.5, 0.6) is 23.0 Å². The van der Waals surface area contributed by atoms with Gasteiger partial charge in [-0.15, -0.1) is 0 Å². The minimum absolute atomic E-state index is 0.220. The number of methoxy groups -OCH3 is 2. The lowest BCUT2D eigenvalue weighted by atomic mass is 10.1. The van der Waals surface area contributed by atoms with E-state index in [1.165, 1.54) is 0 Å². The molecule has 2 heterocycles. The van der Waals surface area contributed by atoms with Crippen molar-refractivity contribution < 1.29 is 23.7 Å². The van der Waals surface area contributed by atoms with Crippen LogP contribution in [-0.2, 0) is 6.42 Å². The highest BCUT2D eigenvalue weighted by molar-refractivity contribution is 6.00. The van der Waals surface area contributed by atoms with Crippen molar-refractivity contribution >= 4 is 5.91 Å². The molecule has 1 N–H and O–H groups in total. The quantitative estimate of drug-likeness (QED) is 0.401. The lowest BCUT2D eigenvalue weighted by molar-refractivity contribution is 0.0954. The average Bonchev–Trinajstić information content (AvgIpc) is 3.38. The Morgan fingerprint density at radius 3 is 2.56 bits per heavy atom. The van der Waals surface area contributed by atoms with Crippen molar-refractivity contribution in [2.24, 2.45) is 0 Å². The molecule has 0 saturated carbocycles. The Bertz CT molecular complexity index is 1370. The van der Waals surface area contributed by atoms with E-state index >= 15 is 0 Å². The van der Waals surface area contributed by atoms with E-state index in [-0.39, 0.29) is 5.91 Å². The number of aromatic nitrogens is 2. The first-order valence-corrected chi connectivity index (χ1v) is 11.7. The van der Waals surface area contributed by atoms with Gasteiger partial charge in [0.15, 0.2) is 11.5 Å². The molecule has 0 bridgehead atoms. The van der Waals surface area contributed by atoms with Gasteiger partial charge in [0.1, 0.15) is 30.4 Å². The fourth-order valence-corrected chi connectivity index (χ4v) is 4.11. The third kappa shape index (κ3) is 4.84. The standard InChI is InChI=1S/C28H27N3O5/c1-33-21-9-10-22(25(17-21)34-2)27-23(18-31(30-27)20-6-4-3-5-7-20)28(32)29-13-12-19-8-11-24-26(16-19)36-15-14-35-24/h3-11,16-18H,12-15H2,1-2H3,(H,29,32). The summed E-state index contributed by atoms with van der Waals surface area (Å²) in [5.74, 6) is 2.49. The van der Waals surface area contributed by atoms with Gasteiger partial charge in [-0.3, -0.25) is 4.79 Å². The van der Waals surface area contributed by atoms with Crippen LogP contribution in [0, 0.1) is 0 Å². The summed E-state index contributed by atoms with van der Waals surface area (Å²) in [5, 5.41) is 7.79.